The number of H-pyrrole nitrogens is 2. The van der Waals surface area contributed by atoms with Crippen LogP contribution in [-0.4, -0.2) is 45.7 Å². The van der Waals surface area contributed by atoms with Crippen LogP contribution in [0.5, 0.6) is 0 Å². The van der Waals surface area contributed by atoms with Crippen LogP contribution in [0.25, 0.3) is 33.8 Å². The lowest BCUT2D eigenvalue weighted by Crippen LogP contribution is -2.36. The van der Waals surface area contributed by atoms with E-state index in [-0.39, 0.29) is 23.2 Å². The molecule has 0 aliphatic rings. The summed E-state index contributed by atoms with van der Waals surface area (Å²) in [7, 11) is 1.38. The highest BCUT2D eigenvalue weighted by Crippen LogP contribution is 2.28. The number of aromatic amines is 2. The minimum absolute atomic E-state index is 0.0702. The molecule has 4 heterocycles. The fraction of sp³-hybridized carbons (Fsp3) is 0.200. The molecule has 44 heavy (non-hydrogen) atoms. The maximum absolute atomic E-state index is 12.3. The number of nitriles is 1. The summed E-state index contributed by atoms with van der Waals surface area (Å²) in [6.45, 7) is 6.08. The van der Waals surface area contributed by atoms with Gasteiger partial charge in [-0.15, -0.1) is 10.2 Å². The molecular weight excluding hydrogens is 605 g/mol. The molecule has 0 bridgehead atoms. The molecule has 0 saturated carbocycles. The quantitative estimate of drug-likeness (QED) is 0.251. The van der Waals surface area contributed by atoms with E-state index in [1.165, 1.54) is 11.4 Å². The second kappa shape index (κ2) is 12.2. The number of fused-ring (bicyclic) bond motifs is 2. The summed E-state index contributed by atoms with van der Waals surface area (Å²) in [6.07, 6.45) is 1.57. The Bertz CT molecular complexity index is 2170. The van der Waals surface area contributed by atoms with Crippen LogP contribution in [0, 0.1) is 17.2 Å². The third kappa shape index (κ3) is 5.75. The Morgan fingerprint density at radius 2 is 1.73 bits per heavy atom. The fourth-order valence-electron chi connectivity index (χ4n) is 4.33. The maximum Gasteiger partial charge on any atom is 0.337 e. The molecular formula is C30H27Cl2N9O3. The van der Waals surface area contributed by atoms with Crippen molar-refractivity contribution < 1.29 is 4.79 Å². The van der Waals surface area contributed by atoms with Gasteiger partial charge in [-0.1, -0.05) is 67.4 Å². The Morgan fingerprint density at radius 3 is 2.39 bits per heavy atom. The van der Waals surface area contributed by atoms with Crippen molar-refractivity contribution in [2.24, 2.45) is 13.0 Å². The number of rotatable bonds is 5. The van der Waals surface area contributed by atoms with Crippen molar-refractivity contribution >= 4 is 40.4 Å². The summed E-state index contributed by atoms with van der Waals surface area (Å²) in [5, 5.41) is 24.4. The summed E-state index contributed by atoms with van der Waals surface area (Å²) >= 11 is 12.0. The number of aromatic nitrogens is 7. The first-order valence-corrected chi connectivity index (χ1v) is 14.3. The molecule has 6 rings (SSSR count). The van der Waals surface area contributed by atoms with Crippen molar-refractivity contribution in [2.45, 2.75) is 26.8 Å². The van der Waals surface area contributed by atoms with E-state index in [1.807, 2.05) is 37.3 Å². The van der Waals surface area contributed by atoms with E-state index in [4.69, 9.17) is 23.2 Å². The standard InChI is InChI=1S/C16H17Cl2N5O.C14H10N4O2/c1-8(2)9(3)19-16(24)13-7-14-20-21-15(23(14)22-13)10-4-5-11(17)12(18)6-10;1-17-13(19)16-12-10(7-15)11(8-18(12)14(17)20)9-5-3-2-4-6-9/h4-9,22H,1-3H3,(H,19,24);2-6,8H,1H3,(H,16,19). The van der Waals surface area contributed by atoms with E-state index in [2.05, 4.69) is 45.5 Å². The van der Waals surface area contributed by atoms with Crippen molar-refractivity contribution in [1.82, 2.24) is 39.1 Å². The highest BCUT2D eigenvalue weighted by Gasteiger charge is 2.18. The van der Waals surface area contributed by atoms with Crippen LogP contribution >= 0.6 is 23.2 Å². The lowest BCUT2D eigenvalue weighted by atomic mass is 10.1. The molecule has 0 aliphatic heterocycles. The molecule has 0 fully saturated rings. The van der Waals surface area contributed by atoms with Gasteiger partial charge in [0.15, 0.2) is 11.5 Å². The van der Waals surface area contributed by atoms with Crippen LogP contribution in [0.4, 0.5) is 0 Å². The second-order valence-electron chi connectivity index (χ2n) is 10.4. The molecule has 14 heteroatoms. The molecule has 6 aromatic rings. The molecule has 0 aliphatic carbocycles. The van der Waals surface area contributed by atoms with Gasteiger partial charge in [0.25, 0.3) is 5.91 Å². The molecule has 0 radical (unpaired) electrons. The molecule has 4 aromatic heterocycles. The lowest BCUT2D eigenvalue weighted by Gasteiger charge is -2.16. The maximum atomic E-state index is 12.3. The average molecular weight is 633 g/mol. The number of amides is 1. The molecule has 0 saturated heterocycles. The predicted octanol–water partition coefficient (Wildman–Crippen LogP) is 4.67. The Morgan fingerprint density at radius 1 is 1.00 bits per heavy atom. The van der Waals surface area contributed by atoms with Crippen molar-refractivity contribution in [3.8, 4) is 28.6 Å². The van der Waals surface area contributed by atoms with Gasteiger partial charge in [-0.25, -0.2) is 18.7 Å². The van der Waals surface area contributed by atoms with Crippen molar-refractivity contribution in [2.75, 3.05) is 0 Å². The zero-order chi connectivity index (χ0) is 31.7. The number of hydrogen-bond acceptors (Lipinski definition) is 6. The third-order valence-corrected chi connectivity index (χ3v) is 7.94. The highest BCUT2D eigenvalue weighted by atomic mass is 35.5. The van der Waals surface area contributed by atoms with E-state index >= 15 is 0 Å². The van der Waals surface area contributed by atoms with Gasteiger partial charge in [-0.3, -0.25) is 19.3 Å². The van der Waals surface area contributed by atoms with Crippen LogP contribution in [0.3, 0.4) is 0 Å². The smallest absolute Gasteiger partial charge is 0.337 e. The van der Waals surface area contributed by atoms with Gasteiger partial charge in [0.1, 0.15) is 23.0 Å². The van der Waals surface area contributed by atoms with Crippen LogP contribution < -0.4 is 16.7 Å². The first kappa shape index (κ1) is 30.3. The Hall–Kier alpha value is -5.12. The number of carbonyl (C=O) groups excluding carboxylic acids is 1. The van der Waals surface area contributed by atoms with Gasteiger partial charge < -0.3 is 5.32 Å². The third-order valence-electron chi connectivity index (χ3n) is 7.20. The summed E-state index contributed by atoms with van der Waals surface area (Å²) in [4.78, 5) is 38.6. The summed E-state index contributed by atoms with van der Waals surface area (Å²) in [5.41, 5.74) is 2.64. The van der Waals surface area contributed by atoms with Crippen LogP contribution in [-0.2, 0) is 7.05 Å². The zero-order valence-electron chi connectivity index (χ0n) is 24.1. The van der Waals surface area contributed by atoms with Gasteiger partial charge in [0, 0.05) is 36.5 Å². The number of nitrogens with one attached hydrogen (secondary N) is 3. The van der Waals surface area contributed by atoms with Crippen molar-refractivity contribution in [1.29, 1.82) is 5.26 Å². The normalized spacial score (nSPS) is 11.8. The SMILES string of the molecule is CC(C)C(C)NC(=O)c1cc2nnc(-c3ccc(Cl)c(Cl)c3)n2[nH]1.Cn1c(=O)[nH]c2c(C#N)c(-c3ccccc3)cn2c1=O. The monoisotopic (exact) mass is 631 g/mol. The summed E-state index contributed by atoms with van der Waals surface area (Å²) in [5.74, 6) is 0.725. The molecule has 224 valence electrons. The van der Waals surface area contributed by atoms with Gasteiger partial charge >= 0.3 is 11.4 Å². The number of hydrogen-bond donors (Lipinski definition) is 3. The highest BCUT2D eigenvalue weighted by molar-refractivity contribution is 6.42. The van der Waals surface area contributed by atoms with E-state index in [9.17, 15) is 19.6 Å². The first-order valence-electron chi connectivity index (χ1n) is 13.5. The minimum Gasteiger partial charge on any atom is -0.348 e. The van der Waals surface area contributed by atoms with E-state index in [0.717, 1.165) is 15.7 Å². The number of halogens is 2. The molecule has 0 spiro atoms. The van der Waals surface area contributed by atoms with Crippen LogP contribution in [0.15, 0.2) is 70.4 Å². The predicted molar refractivity (Wildman–Crippen MR) is 168 cm³/mol. The Kier molecular flexibility index (Phi) is 8.44. The molecule has 1 unspecified atom stereocenters. The lowest BCUT2D eigenvalue weighted by molar-refractivity contribution is 0.0925. The zero-order valence-corrected chi connectivity index (χ0v) is 25.6. The second-order valence-corrected chi connectivity index (χ2v) is 11.2. The molecule has 1 atom stereocenters. The van der Waals surface area contributed by atoms with E-state index in [0.29, 0.717) is 38.7 Å². The van der Waals surface area contributed by atoms with E-state index in [1.54, 1.807) is 35.0 Å². The molecule has 12 nitrogen and oxygen atoms in total. The van der Waals surface area contributed by atoms with Crippen LogP contribution in [0.2, 0.25) is 10.0 Å². The van der Waals surface area contributed by atoms with Crippen molar-refractivity contribution in [3.05, 3.63) is 103 Å². The largest absolute Gasteiger partial charge is 0.348 e. The number of nitrogens with zero attached hydrogens (tertiary/aromatic N) is 6. The van der Waals surface area contributed by atoms with Crippen LogP contribution in [0.1, 0.15) is 36.8 Å². The van der Waals surface area contributed by atoms with Gasteiger partial charge in [0.2, 0.25) is 0 Å². The number of benzene rings is 2. The fourth-order valence-corrected chi connectivity index (χ4v) is 4.63. The molecule has 1 amide bonds. The molecule has 2 aromatic carbocycles. The summed E-state index contributed by atoms with van der Waals surface area (Å²) in [6, 6.07) is 18.2. The number of carbonyl (C=O) groups is 1. The van der Waals surface area contributed by atoms with Gasteiger partial charge in [-0.05, 0) is 36.6 Å². The topological polar surface area (TPSA) is 158 Å². The van der Waals surface area contributed by atoms with Gasteiger partial charge in [-0.2, -0.15) is 5.26 Å². The minimum atomic E-state index is -0.545. The first-order chi connectivity index (χ1) is 21.0. The average Bonchev–Trinajstić information content (AvgIpc) is 3.71. The molecule has 3 N–H and O–H groups in total. The van der Waals surface area contributed by atoms with Crippen molar-refractivity contribution in [3.63, 3.8) is 0 Å². The Balaban J connectivity index is 0.000000177. The summed E-state index contributed by atoms with van der Waals surface area (Å²) < 4.78 is 3.89. The Labute approximate surface area is 260 Å². The van der Waals surface area contributed by atoms with E-state index < -0.39 is 11.4 Å². The van der Waals surface area contributed by atoms with Gasteiger partial charge in [0.05, 0.1) is 10.0 Å².